The summed E-state index contributed by atoms with van der Waals surface area (Å²) in [7, 11) is 1.57. The summed E-state index contributed by atoms with van der Waals surface area (Å²) in [5.41, 5.74) is 0.817. The fourth-order valence-corrected chi connectivity index (χ4v) is 1.87. The number of rotatable bonds is 7. The predicted molar refractivity (Wildman–Crippen MR) is 75.7 cm³/mol. The Hall–Kier alpha value is -2.04. The van der Waals surface area contributed by atoms with E-state index in [2.05, 4.69) is 5.32 Å². The van der Waals surface area contributed by atoms with Crippen LogP contribution in [0.1, 0.15) is 25.8 Å². The van der Waals surface area contributed by atoms with Gasteiger partial charge in [0.15, 0.2) is 0 Å². The number of ether oxygens (including phenoxy) is 1. The summed E-state index contributed by atoms with van der Waals surface area (Å²) >= 11 is 0. The monoisotopic (exact) mass is 279 g/mol. The lowest BCUT2D eigenvalue weighted by Crippen LogP contribution is -2.42. The van der Waals surface area contributed by atoms with Crippen LogP contribution >= 0.6 is 0 Å². The molecule has 0 saturated carbocycles. The number of hydrogen-bond donors (Lipinski definition) is 2. The van der Waals surface area contributed by atoms with Crippen LogP contribution in [0.25, 0.3) is 0 Å². The predicted octanol–water partition coefficient (Wildman–Crippen LogP) is 1.85. The molecule has 1 aromatic rings. The first-order valence-corrected chi connectivity index (χ1v) is 6.57. The molecule has 20 heavy (non-hydrogen) atoms. The summed E-state index contributed by atoms with van der Waals surface area (Å²) in [6, 6.07) is 6.28. The maximum Gasteiger partial charge on any atom is 0.326 e. The second kappa shape index (κ2) is 7.53. The van der Waals surface area contributed by atoms with Crippen LogP contribution in [0.5, 0.6) is 5.75 Å². The van der Waals surface area contributed by atoms with Gasteiger partial charge in [0.05, 0.1) is 13.5 Å². The van der Waals surface area contributed by atoms with E-state index in [1.165, 1.54) is 0 Å². The smallest absolute Gasteiger partial charge is 0.326 e. The molecule has 0 saturated heterocycles. The van der Waals surface area contributed by atoms with Gasteiger partial charge in [0.25, 0.3) is 0 Å². The Morgan fingerprint density at radius 2 is 1.85 bits per heavy atom. The first-order chi connectivity index (χ1) is 9.42. The number of carbonyl (C=O) groups excluding carboxylic acids is 1. The molecular formula is C15H21NO4. The number of hydrogen-bond acceptors (Lipinski definition) is 3. The summed E-state index contributed by atoms with van der Waals surface area (Å²) in [5.74, 6) is -0.361. The van der Waals surface area contributed by atoms with Crippen molar-refractivity contribution in [3.8, 4) is 5.75 Å². The van der Waals surface area contributed by atoms with E-state index in [-0.39, 0.29) is 18.2 Å². The van der Waals surface area contributed by atoms with Crippen molar-refractivity contribution in [2.75, 3.05) is 7.11 Å². The molecule has 0 aliphatic rings. The van der Waals surface area contributed by atoms with E-state index in [4.69, 9.17) is 9.84 Å². The van der Waals surface area contributed by atoms with E-state index in [1.54, 1.807) is 31.4 Å². The Kier molecular flexibility index (Phi) is 6.03. The summed E-state index contributed by atoms with van der Waals surface area (Å²) in [6.45, 7) is 3.84. The van der Waals surface area contributed by atoms with Crippen LogP contribution in [-0.4, -0.2) is 30.1 Å². The van der Waals surface area contributed by atoms with Crippen molar-refractivity contribution in [2.45, 2.75) is 32.7 Å². The SMILES string of the molecule is COc1ccc(CC(=O)N[C@H](CC(C)C)C(=O)O)cc1. The largest absolute Gasteiger partial charge is 0.497 e. The summed E-state index contributed by atoms with van der Waals surface area (Å²) in [4.78, 5) is 22.9. The maximum atomic E-state index is 11.9. The molecule has 2 N–H and O–H groups in total. The standard InChI is InChI=1S/C15H21NO4/c1-10(2)8-13(15(18)19)16-14(17)9-11-4-6-12(20-3)7-5-11/h4-7,10,13H,8-9H2,1-3H3,(H,16,17)(H,18,19)/t13-/m1/s1. The fraction of sp³-hybridized carbons (Fsp3) is 0.467. The first-order valence-electron chi connectivity index (χ1n) is 6.57. The molecule has 0 heterocycles. The quantitative estimate of drug-likeness (QED) is 0.798. The highest BCUT2D eigenvalue weighted by atomic mass is 16.5. The van der Waals surface area contributed by atoms with Gasteiger partial charge in [-0.15, -0.1) is 0 Å². The minimum atomic E-state index is -0.998. The third-order valence-electron chi connectivity index (χ3n) is 2.86. The number of carboxylic acids is 1. The van der Waals surface area contributed by atoms with Gasteiger partial charge < -0.3 is 15.2 Å². The number of aliphatic carboxylic acids is 1. The minimum absolute atomic E-state index is 0.159. The molecule has 0 bridgehead atoms. The minimum Gasteiger partial charge on any atom is -0.497 e. The number of amides is 1. The molecule has 5 heteroatoms. The Labute approximate surface area is 118 Å². The van der Waals surface area contributed by atoms with Gasteiger partial charge in [0.1, 0.15) is 11.8 Å². The zero-order chi connectivity index (χ0) is 15.1. The van der Waals surface area contributed by atoms with Crippen LogP contribution in [0.4, 0.5) is 0 Å². The van der Waals surface area contributed by atoms with E-state index >= 15 is 0 Å². The number of carboxylic acid groups (broad SMARTS) is 1. The van der Waals surface area contributed by atoms with Gasteiger partial charge in [-0.05, 0) is 30.0 Å². The average molecular weight is 279 g/mol. The Morgan fingerprint density at radius 1 is 1.25 bits per heavy atom. The number of carbonyl (C=O) groups is 2. The molecule has 110 valence electrons. The van der Waals surface area contributed by atoms with Gasteiger partial charge in [0.2, 0.25) is 5.91 Å². The van der Waals surface area contributed by atoms with E-state index in [1.807, 2.05) is 13.8 Å². The molecule has 1 aromatic carbocycles. The van der Waals surface area contributed by atoms with Crippen LogP contribution in [0.2, 0.25) is 0 Å². The van der Waals surface area contributed by atoms with Crippen LogP contribution in [0.3, 0.4) is 0 Å². The van der Waals surface area contributed by atoms with Crippen molar-refractivity contribution in [1.29, 1.82) is 0 Å². The molecule has 1 rings (SSSR count). The van der Waals surface area contributed by atoms with Gasteiger partial charge in [-0.3, -0.25) is 4.79 Å². The highest BCUT2D eigenvalue weighted by Crippen LogP contribution is 2.12. The van der Waals surface area contributed by atoms with E-state index in [0.29, 0.717) is 6.42 Å². The first kappa shape index (κ1) is 16.0. The Bertz CT molecular complexity index is 453. The fourth-order valence-electron chi connectivity index (χ4n) is 1.87. The van der Waals surface area contributed by atoms with Gasteiger partial charge in [-0.25, -0.2) is 4.79 Å². The molecule has 1 atom stereocenters. The molecule has 0 fully saturated rings. The average Bonchev–Trinajstić information content (AvgIpc) is 2.38. The zero-order valence-electron chi connectivity index (χ0n) is 12.1. The van der Waals surface area contributed by atoms with Gasteiger partial charge >= 0.3 is 5.97 Å². The van der Waals surface area contributed by atoms with Crippen LogP contribution in [0.15, 0.2) is 24.3 Å². The second-order valence-corrected chi connectivity index (χ2v) is 5.11. The topological polar surface area (TPSA) is 75.6 Å². The van der Waals surface area contributed by atoms with Crippen molar-refractivity contribution in [1.82, 2.24) is 5.32 Å². The molecule has 0 unspecified atom stereocenters. The molecule has 0 aromatic heterocycles. The summed E-state index contributed by atoms with van der Waals surface area (Å²) in [5, 5.41) is 11.6. The van der Waals surface area contributed by atoms with Crippen molar-refractivity contribution in [3.05, 3.63) is 29.8 Å². The molecule has 0 spiro atoms. The van der Waals surface area contributed by atoms with Gasteiger partial charge in [-0.1, -0.05) is 26.0 Å². The van der Waals surface area contributed by atoms with Gasteiger partial charge in [0, 0.05) is 0 Å². The van der Waals surface area contributed by atoms with Crippen LogP contribution in [0, 0.1) is 5.92 Å². The third kappa shape index (κ3) is 5.30. The van der Waals surface area contributed by atoms with Crippen molar-refractivity contribution in [3.63, 3.8) is 0 Å². The van der Waals surface area contributed by atoms with E-state index in [9.17, 15) is 9.59 Å². The third-order valence-corrected chi connectivity index (χ3v) is 2.86. The Morgan fingerprint density at radius 3 is 2.30 bits per heavy atom. The molecule has 5 nitrogen and oxygen atoms in total. The van der Waals surface area contributed by atoms with E-state index in [0.717, 1.165) is 11.3 Å². The lowest BCUT2D eigenvalue weighted by molar-refractivity contribution is -0.142. The lowest BCUT2D eigenvalue weighted by Gasteiger charge is -2.16. The lowest BCUT2D eigenvalue weighted by atomic mass is 10.0. The van der Waals surface area contributed by atoms with E-state index < -0.39 is 12.0 Å². The number of nitrogens with one attached hydrogen (secondary N) is 1. The molecule has 1 amide bonds. The van der Waals surface area contributed by atoms with Crippen molar-refractivity contribution in [2.24, 2.45) is 5.92 Å². The number of methoxy groups -OCH3 is 1. The molecule has 0 radical (unpaired) electrons. The highest BCUT2D eigenvalue weighted by molar-refractivity contribution is 5.84. The second-order valence-electron chi connectivity index (χ2n) is 5.11. The van der Waals surface area contributed by atoms with Gasteiger partial charge in [-0.2, -0.15) is 0 Å². The number of benzene rings is 1. The summed E-state index contributed by atoms with van der Waals surface area (Å²) < 4.78 is 5.04. The van der Waals surface area contributed by atoms with Crippen LogP contribution < -0.4 is 10.1 Å². The molecule has 0 aliphatic heterocycles. The van der Waals surface area contributed by atoms with Crippen LogP contribution in [-0.2, 0) is 16.0 Å². The highest BCUT2D eigenvalue weighted by Gasteiger charge is 2.20. The Balaban J connectivity index is 2.58. The summed E-state index contributed by atoms with van der Waals surface area (Å²) in [6.07, 6.45) is 0.579. The zero-order valence-corrected chi connectivity index (χ0v) is 12.1. The van der Waals surface area contributed by atoms with Crippen molar-refractivity contribution >= 4 is 11.9 Å². The molecule has 0 aliphatic carbocycles. The normalized spacial score (nSPS) is 12.0. The maximum absolute atomic E-state index is 11.9. The molecular weight excluding hydrogens is 258 g/mol. The van der Waals surface area contributed by atoms with Crippen molar-refractivity contribution < 1.29 is 19.4 Å².